The lowest BCUT2D eigenvalue weighted by Gasteiger charge is -2.17. The predicted molar refractivity (Wildman–Crippen MR) is 81.7 cm³/mol. The number of hydrogen-bond donors (Lipinski definition) is 0. The molecule has 0 saturated heterocycles. The Morgan fingerprint density at radius 1 is 1.30 bits per heavy atom. The van der Waals surface area contributed by atoms with Crippen LogP contribution in [0.4, 0.5) is 0 Å². The Bertz CT molecular complexity index is 726. The lowest BCUT2D eigenvalue weighted by Crippen LogP contribution is -2.26. The first-order chi connectivity index (χ1) is 9.32. The number of aromatic nitrogens is 1. The monoisotopic (exact) mass is 330 g/mol. The number of hydrogen-bond acceptors (Lipinski definition) is 4. The highest BCUT2D eigenvalue weighted by Gasteiger charge is 2.26. The fraction of sp³-hybridized carbons (Fsp3) is 0.308. The SMILES string of the molecule is Cc1ccccc1CN(C)S(=O)(=O)c1sc(Cl)nc1C. The standard InChI is InChI=1S/C13H15ClN2O2S2/c1-9-6-4-5-7-11(9)8-16(3)20(17,18)12-10(2)15-13(14)19-12/h4-7H,8H2,1-3H3. The molecule has 108 valence electrons. The van der Waals surface area contributed by atoms with Crippen LogP contribution < -0.4 is 0 Å². The molecule has 0 amide bonds. The van der Waals surface area contributed by atoms with Gasteiger partial charge in [0.25, 0.3) is 10.0 Å². The van der Waals surface area contributed by atoms with E-state index in [0.29, 0.717) is 12.2 Å². The van der Waals surface area contributed by atoms with E-state index in [1.807, 2.05) is 31.2 Å². The smallest absolute Gasteiger partial charge is 0.229 e. The summed E-state index contributed by atoms with van der Waals surface area (Å²) in [4.78, 5) is 3.96. The summed E-state index contributed by atoms with van der Waals surface area (Å²) in [5.41, 5.74) is 2.48. The van der Waals surface area contributed by atoms with Gasteiger partial charge in [0.2, 0.25) is 0 Å². The fourth-order valence-electron chi connectivity index (χ4n) is 1.84. The van der Waals surface area contributed by atoms with E-state index in [4.69, 9.17) is 11.6 Å². The Kier molecular flexibility index (Phi) is 4.49. The van der Waals surface area contributed by atoms with Crippen molar-refractivity contribution in [3.63, 3.8) is 0 Å². The Labute approximate surface area is 128 Å². The molecule has 0 aliphatic heterocycles. The van der Waals surface area contributed by atoms with Crippen LogP contribution in [0, 0.1) is 13.8 Å². The van der Waals surface area contributed by atoms with Crippen LogP contribution in [0.1, 0.15) is 16.8 Å². The van der Waals surface area contributed by atoms with E-state index < -0.39 is 10.0 Å². The van der Waals surface area contributed by atoms with Crippen LogP contribution in [0.15, 0.2) is 28.5 Å². The third-order valence-corrected chi connectivity index (χ3v) is 6.68. The number of aryl methyl sites for hydroxylation is 2. The van der Waals surface area contributed by atoms with Crippen LogP contribution in [0.25, 0.3) is 0 Å². The molecule has 0 N–H and O–H groups in total. The highest BCUT2D eigenvalue weighted by molar-refractivity contribution is 7.91. The molecule has 0 radical (unpaired) electrons. The maximum absolute atomic E-state index is 12.5. The molecule has 1 aromatic carbocycles. The largest absolute Gasteiger partial charge is 0.254 e. The summed E-state index contributed by atoms with van der Waals surface area (Å²) in [5.74, 6) is 0. The van der Waals surface area contributed by atoms with Crippen molar-refractivity contribution in [3.8, 4) is 0 Å². The quantitative estimate of drug-likeness (QED) is 0.864. The molecule has 0 bridgehead atoms. The lowest BCUT2D eigenvalue weighted by molar-refractivity contribution is 0.467. The van der Waals surface area contributed by atoms with E-state index in [-0.39, 0.29) is 8.68 Å². The van der Waals surface area contributed by atoms with Crippen LogP contribution in [0.3, 0.4) is 0 Å². The van der Waals surface area contributed by atoms with E-state index in [0.717, 1.165) is 22.5 Å². The molecule has 2 aromatic rings. The second kappa shape index (κ2) is 5.81. The maximum Gasteiger partial charge on any atom is 0.254 e. The van der Waals surface area contributed by atoms with E-state index in [1.165, 1.54) is 4.31 Å². The summed E-state index contributed by atoms with van der Waals surface area (Å²) >= 11 is 6.78. The molecule has 2 rings (SSSR count). The summed E-state index contributed by atoms with van der Waals surface area (Å²) in [6.07, 6.45) is 0. The molecular formula is C13H15ClN2O2S2. The molecule has 0 aliphatic carbocycles. The second-order valence-corrected chi connectivity index (χ2v) is 8.35. The van der Waals surface area contributed by atoms with Crippen LogP contribution in [0.5, 0.6) is 0 Å². The minimum absolute atomic E-state index is 0.207. The molecule has 0 saturated carbocycles. The second-order valence-electron chi connectivity index (χ2n) is 4.53. The van der Waals surface area contributed by atoms with Gasteiger partial charge >= 0.3 is 0 Å². The predicted octanol–water partition coefficient (Wildman–Crippen LogP) is 3.23. The summed E-state index contributed by atoms with van der Waals surface area (Å²) in [7, 11) is -1.99. The van der Waals surface area contributed by atoms with E-state index in [9.17, 15) is 8.42 Å². The Morgan fingerprint density at radius 3 is 2.50 bits per heavy atom. The van der Waals surface area contributed by atoms with Crippen molar-refractivity contribution in [2.75, 3.05) is 7.05 Å². The van der Waals surface area contributed by atoms with Crippen LogP contribution in [-0.4, -0.2) is 24.8 Å². The first-order valence-corrected chi connectivity index (χ1v) is 8.59. The van der Waals surface area contributed by atoms with Crippen molar-refractivity contribution in [1.29, 1.82) is 0 Å². The van der Waals surface area contributed by atoms with Gasteiger partial charge in [-0.1, -0.05) is 47.2 Å². The number of benzene rings is 1. The van der Waals surface area contributed by atoms with Crippen LogP contribution >= 0.6 is 22.9 Å². The van der Waals surface area contributed by atoms with Gasteiger partial charge in [0.15, 0.2) is 8.68 Å². The van der Waals surface area contributed by atoms with Gasteiger partial charge < -0.3 is 0 Å². The molecule has 7 heteroatoms. The number of thiazole rings is 1. The minimum atomic E-state index is -3.56. The van der Waals surface area contributed by atoms with Crippen molar-refractivity contribution in [2.24, 2.45) is 0 Å². The summed E-state index contributed by atoms with van der Waals surface area (Å²) in [5, 5.41) is 0. The molecule has 0 unspecified atom stereocenters. The first-order valence-electron chi connectivity index (χ1n) is 5.96. The zero-order valence-corrected chi connectivity index (χ0v) is 13.8. The number of nitrogens with zero attached hydrogens (tertiary/aromatic N) is 2. The lowest BCUT2D eigenvalue weighted by atomic mass is 10.1. The number of rotatable bonds is 4. The molecule has 0 spiro atoms. The molecule has 0 fully saturated rings. The normalized spacial score (nSPS) is 12.1. The van der Waals surface area contributed by atoms with Crippen molar-refractivity contribution in [3.05, 3.63) is 45.6 Å². The minimum Gasteiger partial charge on any atom is -0.229 e. The van der Waals surface area contributed by atoms with Crippen molar-refractivity contribution in [2.45, 2.75) is 24.6 Å². The zero-order valence-electron chi connectivity index (χ0n) is 11.4. The van der Waals surface area contributed by atoms with Gasteiger partial charge in [-0.15, -0.1) is 0 Å². The van der Waals surface area contributed by atoms with E-state index in [2.05, 4.69) is 4.98 Å². The summed E-state index contributed by atoms with van der Waals surface area (Å²) in [6, 6.07) is 7.72. The topological polar surface area (TPSA) is 50.3 Å². The molecule has 4 nitrogen and oxygen atoms in total. The van der Waals surface area contributed by atoms with E-state index >= 15 is 0 Å². The molecule has 0 atom stereocenters. The Morgan fingerprint density at radius 2 is 1.95 bits per heavy atom. The highest BCUT2D eigenvalue weighted by Crippen LogP contribution is 2.29. The Hall–Kier alpha value is -0.950. The van der Waals surface area contributed by atoms with Gasteiger partial charge in [-0.05, 0) is 25.0 Å². The summed E-state index contributed by atoms with van der Waals surface area (Å²) < 4.78 is 26.8. The highest BCUT2D eigenvalue weighted by atomic mass is 35.5. The average Bonchev–Trinajstić information content (AvgIpc) is 2.72. The fourth-order valence-corrected chi connectivity index (χ4v) is 4.92. The van der Waals surface area contributed by atoms with Crippen molar-refractivity contribution in [1.82, 2.24) is 9.29 Å². The van der Waals surface area contributed by atoms with Crippen LogP contribution in [0.2, 0.25) is 4.47 Å². The van der Waals surface area contributed by atoms with Gasteiger partial charge in [0, 0.05) is 13.6 Å². The summed E-state index contributed by atoms with van der Waals surface area (Å²) in [6.45, 7) is 3.94. The molecular weight excluding hydrogens is 316 g/mol. The van der Waals surface area contributed by atoms with E-state index in [1.54, 1.807) is 14.0 Å². The molecule has 0 aliphatic rings. The van der Waals surface area contributed by atoms with Crippen molar-refractivity contribution < 1.29 is 8.42 Å². The number of sulfonamides is 1. The number of halogens is 1. The third kappa shape index (κ3) is 3.03. The molecule has 1 heterocycles. The van der Waals surface area contributed by atoms with Gasteiger partial charge in [-0.3, -0.25) is 0 Å². The van der Waals surface area contributed by atoms with Crippen LogP contribution in [-0.2, 0) is 16.6 Å². The van der Waals surface area contributed by atoms with Gasteiger partial charge in [0.05, 0.1) is 5.69 Å². The zero-order chi connectivity index (χ0) is 14.9. The maximum atomic E-state index is 12.5. The molecule has 1 aromatic heterocycles. The average molecular weight is 331 g/mol. The van der Waals surface area contributed by atoms with Gasteiger partial charge in [0.1, 0.15) is 0 Å². The molecule has 20 heavy (non-hydrogen) atoms. The van der Waals surface area contributed by atoms with Crippen molar-refractivity contribution >= 4 is 33.0 Å². The van der Waals surface area contributed by atoms with Gasteiger partial charge in [-0.2, -0.15) is 4.31 Å². The first kappa shape index (κ1) is 15.4. The third-order valence-electron chi connectivity index (χ3n) is 3.03. The Balaban J connectivity index is 2.31. The van der Waals surface area contributed by atoms with Gasteiger partial charge in [-0.25, -0.2) is 13.4 Å².